The third-order valence-electron chi connectivity index (χ3n) is 4.09. The Morgan fingerprint density at radius 2 is 2.23 bits per heavy atom. The molecule has 0 saturated carbocycles. The van der Waals surface area contributed by atoms with Gasteiger partial charge in [0.15, 0.2) is 0 Å². The Labute approximate surface area is 135 Å². The minimum Gasteiger partial charge on any atom is -0.335 e. The van der Waals surface area contributed by atoms with Crippen molar-refractivity contribution in [3.05, 3.63) is 64.4 Å². The van der Waals surface area contributed by atoms with Crippen molar-refractivity contribution in [2.45, 2.75) is 32.2 Å². The molecular weight excluding hydrogens is 296 g/mol. The Hall–Kier alpha value is -1.87. The minimum atomic E-state index is 0.143. The van der Waals surface area contributed by atoms with E-state index in [4.69, 9.17) is 11.6 Å². The maximum absolute atomic E-state index is 12.7. The molecule has 0 bridgehead atoms. The number of aromatic nitrogens is 1. The number of benzene rings is 1. The summed E-state index contributed by atoms with van der Waals surface area (Å²) in [6.07, 6.45) is 6.02. The largest absolute Gasteiger partial charge is 0.335 e. The van der Waals surface area contributed by atoms with Crippen LogP contribution in [0.25, 0.3) is 0 Å². The number of rotatable bonds is 3. The van der Waals surface area contributed by atoms with Gasteiger partial charge in [-0.05, 0) is 48.6 Å². The number of aryl methyl sites for hydroxylation is 1. The van der Waals surface area contributed by atoms with Crippen LogP contribution in [0.5, 0.6) is 0 Å². The van der Waals surface area contributed by atoms with Crippen LogP contribution in [0.1, 0.15) is 35.6 Å². The maximum Gasteiger partial charge on any atom is 0.227 e. The highest BCUT2D eigenvalue weighted by atomic mass is 35.5. The smallest absolute Gasteiger partial charge is 0.227 e. The zero-order valence-corrected chi connectivity index (χ0v) is 13.4. The summed E-state index contributed by atoms with van der Waals surface area (Å²) in [5.41, 5.74) is 3.18. The van der Waals surface area contributed by atoms with E-state index in [1.54, 1.807) is 12.4 Å². The average Bonchev–Trinajstić information content (AvgIpc) is 2.97. The third-order valence-corrected chi connectivity index (χ3v) is 4.33. The first-order valence-electron chi connectivity index (χ1n) is 7.59. The highest BCUT2D eigenvalue weighted by Gasteiger charge is 2.29. The van der Waals surface area contributed by atoms with Crippen LogP contribution in [0.4, 0.5) is 0 Å². The summed E-state index contributed by atoms with van der Waals surface area (Å²) < 4.78 is 0. The second kappa shape index (κ2) is 6.49. The quantitative estimate of drug-likeness (QED) is 0.859. The van der Waals surface area contributed by atoms with Gasteiger partial charge >= 0.3 is 0 Å². The lowest BCUT2D eigenvalue weighted by Gasteiger charge is -2.25. The molecule has 1 amide bonds. The molecule has 0 unspecified atom stereocenters. The predicted molar refractivity (Wildman–Crippen MR) is 87.8 cm³/mol. The molecule has 22 heavy (non-hydrogen) atoms. The second-order valence-electron chi connectivity index (χ2n) is 5.85. The van der Waals surface area contributed by atoms with Crippen LogP contribution in [0.3, 0.4) is 0 Å². The summed E-state index contributed by atoms with van der Waals surface area (Å²) in [7, 11) is 0. The third kappa shape index (κ3) is 3.30. The van der Waals surface area contributed by atoms with Gasteiger partial charge in [-0.2, -0.15) is 0 Å². The highest BCUT2D eigenvalue weighted by molar-refractivity contribution is 6.30. The summed E-state index contributed by atoms with van der Waals surface area (Å²) in [4.78, 5) is 18.8. The monoisotopic (exact) mass is 314 g/mol. The fourth-order valence-corrected chi connectivity index (χ4v) is 3.31. The minimum absolute atomic E-state index is 0.143. The average molecular weight is 315 g/mol. The van der Waals surface area contributed by atoms with Gasteiger partial charge in [0.05, 0.1) is 12.5 Å². The van der Waals surface area contributed by atoms with Crippen molar-refractivity contribution < 1.29 is 4.79 Å². The first-order chi connectivity index (χ1) is 10.6. The molecule has 1 atom stereocenters. The van der Waals surface area contributed by atoms with Gasteiger partial charge in [0.25, 0.3) is 0 Å². The van der Waals surface area contributed by atoms with E-state index in [2.05, 4.69) is 11.1 Å². The summed E-state index contributed by atoms with van der Waals surface area (Å²) >= 11 is 6.09. The molecule has 4 heteroatoms. The molecule has 3 rings (SSSR count). The van der Waals surface area contributed by atoms with Gasteiger partial charge in [-0.25, -0.2) is 0 Å². The molecule has 0 radical (unpaired) electrons. The van der Waals surface area contributed by atoms with Gasteiger partial charge in [-0.1, -0.05) is 29.8 Å². The van der Waals surface area contributed by atoms with Crippen LogP contribution in [-0.4, -0.2) is 22.3 Å². The number of nitrogens with zero attached hydrogens (tertiary/aromatic N) is 2. The van der Waals surface area contributed by atoms with E-state index < -0.39 is 0 Å². The summed E-state index contributed by atoms with van der Waals surface area (Å²) in [5.74, 6) is 0.162. The number of likely N-dealkylation sites (tertiary alicyclic amines) is 1. The van der Waals surface area contributed by atoms with Crippen molar-refractivity contribution in [1.82, 2.24) is 9.88 Å². The van der Waals surface area contributed by atoms with Crippen molar-refractivity contribution >= 4 is 17.5 Å². The number of carbonyl (C=O) groups is 1. The number of pyridine rings is 1. The van der Waals surface area contributed by atoms with Gasteiger partial charge < -0.3 is 4.90 Å². The molecular formula is C18H19ClN2O. The Balaban J connectivity index is 1.76. The highest BCUT2D eigenvalue weighted by Crippen LogP contribution is 2.33. The van der Waals surface area contributed by atoms with E-state index in [1.807, 2.05) is 36.1 Å². The van der Waals surface area contributed by atoms with Gasteiger partial charge in [0.2, 0.25) is 5.91 Å². The molecule has 1 aromatic heterocycles. The zero-order valence-electron chi connectivity index (χ0n) is 12.6. The number of hydrogen-bond donors (Lipinski definition) is 0. The molecule has 1 aliphatic rings. The molecule has 3 nitrogen and oxygen atoms in total. The molecule has 2 aromatic rings. The lowest BCUT2D eigenvalue weighted by molar-refractivity contribution is -0.131. The SMILES string of the molecule is Cc1cncc(CC(=O)N2CCC[C@H]2c2cccc(Cl)c2)c1. The summed E-state index contributed by atoms with van der Waals surface area (Å²) in [5, 5.41) is 0.722. The Morgan fingerprint density at radius 3 is 3.00 bits per heavy atom. The van der Waals surface area contributed by atoms with Crippen LogP contribution in [-0.2, 0) is 11.2 Å². The molecule has 1 aromatic carbocycles. The van der Waals surface area contributed by atoms with Gasteiger partial charge in [0, 0.05) is 24.0 Å². The van der Waals surface area contributed by atoms with E-state index in [0.29, 0.717) is 6.42 Å². The molecule has 0 aliphatic carbocycles. The van der Waals surface area contributed by atoms with Crippen molar-refractivity contribution in [2.24, 2.45) is 0 Å². The topological polar surface area (TPSA) is 33.2 Å². The molecule has 0 N–H and O–H groups in total. The van der Waals surface area contributed by atoms with E-state index >= 15 is 0 Å². The van der Waals surface area contributed by atoms with Crippen molar-refractivity contribution in [3.63, 3.8) is 0 Å². The maximum atomic E-state index is 12.7. The standard InChI is InChI=1S/C18H19ClN2O/c1-13-8-14(12-20-11-13)9-18(22)21-7-3-6-17(21)15-4-2-5-16(19)10-15/h2,4-5,8,10-12,17H,3,6-7,9H2,1H3/t17-/m0/s1. The molecule has 1 saturated heterocycles. The second-order valence-corrected chi connectivity index (χ2v) is 6.28. The molecule has 1 aliphatic heterocycles. The van der Waals surface area contributed by atoms with Gasteiger partial charge in [-0.15, -0.1) is 0 Å². The van der Waals surface area contributed by atoms with E-state index in [1.165, 1.54) is 0 Å². The summed E-state index contributed by atoms with van der Waals surface area (Å²) in [6, 6.07) is 10.00. The van der Waals surface area contributed by atoms with Crippen molar-refractivity contribution in [2.75, 3.05) is 6.54 Å². The fraction of sp³-hybridized carbons (Fsp3) is 0.333. The lowest BCUT2D eigenvalue weighted by atomic mass is 10.0. The number of carbonyl (C=O) groups excluding carboxylic acids is 1. The number of hydrogen-bond acceptors (Lipinski definition) is 2. The van der Waals surface area contributed by atoms with Crippen LogP contribution in [0.15, 0.2) is 42.7 Å². The molecule has 1 fully saturated rings. The Morgan fingerprint density at radius 1 is 1.36 bits per heavy atom. The number of halogens is 1. The Kier molecular flexibility index (Phi) is 4.44. The van der Waals surface area contributed by atoms with Crippen molar-refractivity contribution in [1.29, 1.82) is 0 Å². The first kappa shape index (κ1) is 15.0. The van der Waals surface area contributed by atoms with Gasteiger partial charge in [-0.3, -0.25) is 9.78 Å². The van der Waals surface area contributed by atoms with Gasteiger partial charge in [0.1, 0.15) is 0 Å². The lowest BCUT2D eigenvalue weighted by Crippen LogP contribution is -2.31. The van der Waals surface area contributed by atoms with Crippen LogP contribution < -0.4 is 0 Å². The van der Waals surface area contributed by atoms with Crippen LogP contribution in [0.2, 0.25) is 5.02 Å². The number of amides is 1. The summed E-state index contributed by atoms with van der Waals surface area (Å²) in [6.45, 7) is 2.81. The molecule has 114 valence electrons. The molecule has 0 spiro atoms. The van der Waals surface area contributed by atoms with Crippen LogP contribution in [0, 0.1) is 6.92 Å². The fourth-order valence-electron chi connectivity index (χ4n) is 3.12. The first-order valence-corrected chi connectivity index (χ1v) is 7.97. The Bertz CT molecular complexity index is 686. The van der Waals surface area contributed by atoms with E-state index in [-0.39, 0.29) is 11.9 Å². The molecule has 2 heterocycles. The van der Waals surface area contributed by atoms with E-state index in [0.717, 1.165) is 41.1 Å². The zero-order chi connectivity index (χ0) is 15.5. The predicted octanol–water partition coefficient (Wildman–Crippen LogP) is 3.95. The van der Waals surface area contributed by atoms with Crippen LogP contribution >= 0.6 is 11.6 Å². The van der Waals surface area contributed by atoms with Crippen molar-refractivity contribution in [3.8, 4) is 0 Å². The normalized spacial score (nSPS) is 17.7. The van der Waals surface area contributed by atoms with E-state index in [9.17, 15) is 4.79 Å².